The summed E-state index contributed by atoms with van der Waals surface area (Å²) >= 11 is 3.39. The molecule has 7 heteroatoms. The number of nitrogens with zero attached hydrogens (tertiary/aromatic N) is 4. The lowest BCUT2D eigenvalue weighted by Gasteiger charge is -2.22. The second-order valence-corrected chi connectivity index (χ2v) is 8.67. The van der Waals surface area contributed by atoms with Crippen LogP contribution in [0.25, 0.3) is 16.7 Å². The van der Waals surface area contributed by atoms with E-state index >= 15 is 0 Å². The average molecular weight is 492 g/mol. The summed E-state index contributed by atoms with van der Waals surface area (Å²) in [5.74, 6) is -0.157. The van der Waals surface area contributed by atoms with Gasteiger partial charge in [-0.15, -0.1) is 10.2 Å². The Morgan fingerprint density at radius 3 is 2.22 bits per heavy atom. The quantitative estimate of drug-likeness (QED) is 0.364. The van der Waals surface area contributed by atoms with Crippen LogP contribution >= 0.6 is 15.9 Å². The van der Waals surface area contributed by atoms with Gasteiger partial charge in [0, 0.05) is 34.5 Å². The highest BCUT2D eigenvalue weighted by Crippen LogP contribution is 2.25. The largest absolute Gasteiger partial charge is 0.372 e. The van der Waals surface area contributed by atoms with Gasteiger partial charge in [0.1, 0.15) is 11.0 Å². The van der Waals surface area contributed by atoms with E-state index in [4.69, 9.17) is 0 Å². The highest BCUT2D eigenvalue weighted by molar-refractivity contribution is 9.10. The molecule has 0 radical (unpaired) electrons. The van der Waals surface area contributed by atoms with Gasteiger partial charge >= 0.3 is 0 Å². The fraction of sp³-hybridized carbons (Fsp3) is 0.240. The van der Waals surface area contributed by atoms with E-state index in [1.165, 1.54) is 5.69 Å². The number of fused-ring (bicyclic) bond motifs is 1. The number of carbonyl (C=O) groups is 1. The molecule has 0 unspecified atom stereocenters. The number of hydrogen-bond donors (Lipinski definition) is 1. The Morgan fingerprint density at radius 2 is 1.59 bits per heavy atom. The van der Waals surface area contributed by atoms with Crippen LogP contribution in [-0.4, -0.2) is 34.0 Å². The topological polar surface area (TPSA) is 63.1 Å². The monoisotopic (exact) mass is 491 g/mol. The second-order valence-electron chi connectivity index (χ2n) is 7.75. The van der Waals surface area contributed by atoms with Crippen LogP contribution in [0.4, 0.5) is 11.4 Å². The van der Waals surface area contributed by atoms with Crippen LogP contribution in [0.3, 0.4) is 0 Å². The van der Waals surface area contributed by atoms with Gasteiger partial charge in [0.15, 0.2) is 0 Å². The van der Waals surface area contributed by atoms with E-state index in [0.717, 1.165) is 51.1 Å². The molecule has 4 aromatic rings. The minimum Gasteiger partial charge on any atom is -0.372 e. The fourth-order valence-corrected chi connectivity index (χ4v) is 4.02. The van der Waals surface area contributed by atoms with Crippen molar-refractivity contribution in [3.8, 4) is 5.69 Å². The lowest BCUT2D eigenvalue weighted by Crippen LogP contribution is -2.21. The van der Waals surface area contributed by atoms with Crippen LogP contribution in [0, 0.1) is 13.8 Å². The molecule has 0 aliphatic carbocycles. The van der Waals surface area contributed by atoms with E-state index in [0.29, 0.717) is 5.56 Å². The van der Waals surface area contributed by atoms with E-state index in [2.05, 4.69) is 75.3 Å². The number of aromatic nitrogens is 3. The summed E-state index contributed by atoms with van der Waals surface area (Å²) < 4.78 is 0.934. The number of carbonyl (C=O) groups excluding carboxylic acids is 1. The average Bonchev–Trinajstić information content (AvgIpc) is 3.17. The lowest BCUT2D eigenvalue weighted by atomic mass is 10.1. The van der Waals surface area contributed by atoms with Crippen molar-refractivity contribution in [2.24, 2.45) is 0 Å². The van der Waals surface area contributed by atoms with Gasteiger partial charge in [0.05, 0.1) is 5.69 Å². The van der Waals surface area contributed by atoms with Gasteiger partial charge in [0.2, 0.25) is 0 Å². The summed E-state index contributed by atoms with van der Waals surface area (Å²) in [6.45, 7) is 10.3. The van der Waals surface area contributed by atoms with Crippen LogP contribution in [0.1, 0.15) is 35.3 Å². The summed E-state index contributed by atoms with van der Waals surface area (Å²) in [4.78, 5) is 16.6. The molecule has 1 amide bonds. The molecule has 0 atom stereocenters. The summed E-state index contributed by atoms with van der Waals surface area (Å²) in [6, 6.07) is 17.5. The first-order chi connectivity index (χ1) is 15.4. The maximum Gasteiger partial charge on any atom is 0.255 e. The summed E-state index contributed by atoms with van der Waals surface area (Å²) in [5.41, 5.74) is 7.02. The first-order valence-electron chi connectivity index (χ1n) is 10.7. The molecule has 164 valence electrons. The van der Waals surface area contributed by atoms with Crippen molar-refractivity contribution in [1.82, 2.24) is 15.0 Å². The van der Waals surface area contributed by atoms with E-state index < -0.39 is 0 Å². The Kier molecular flexibility index (Phi) is 6.28. The van der Waals surface area contributed by atoms with Crippen LogP contribution in [0.15, 0.2) is 59.1 Å². The van der Waals surface area contributed by atoms with Crippen molar-refractivity contribution < 1.29 is 4.79 Å². The minimum atomic E-state index is -0.157. The molecule has 6 nitrogen and oxygen atoms in total. The number of hydrogen-bond acceptors (Lipinski definition) is 4. The molecular weight excluding hydrogens is 466 g/mol. The highest BCUT2D eigenvalue weighted by Gasteiger charge is 2.13. The van der Waals surface area contributed by atoms with Crippen LogP contribution in [0.2, 0.25) is 0 Å². The molecule has 32 heavy (non-hydrogen) atoms. The third-order valence-electron chi connectivity index (χ3n) is 5.61. The van der Waals surface area contributed by atoms with Crippen LogP contribution in [-0.2, 0) is 0 Å². The van der Waals surface area contributed by atoms with E-state index in [1.807, 2.05) is 31.2 Å². The molecule has 0 saturated heterocycles. The smallest absolute Gasteiger partial charge is 0.255 e. The SMILES string of the molecule is CCN(CC)c1ccc(-n2nc3cc(C)c(NC(=O)c4ccc(Br)cc4)cc3n2)c(C)c1. The highest BCUT2D eigenvalue weighted by atomic mass is 79.9. The number of aryl methyl sites for hydroxylation is 2. The zero-order chi connectivity index (χ0) is 22.8. The maximum absolute atomic E-state index is 12.6. The van der Waals surface area contributed by atoms with Gasteiger partial charge in [-0.1, -0.05) is 15.9 Å². The van der Waals surface area contributed by atoms with E-state index in [1.54, 1.807) is 16.9 Å². The molecule has 0 spiro atoms. The second kappa shape index (κ2) is 9.12. The molecule has 4 rings (SSSR count). The van der Waals surface area contributed by atoms with Gasteiger partial charge in [-0.05, 0) is 93.4 Å². The number of halogens is 1. The Labute approximate surface area is 196 Å². The molecular formula is C25H26BrN5O. The van der Waals surface area contributed by atoms with Crippen molar-refractivity contribution in [1.29, 1.82) is 0 Å². The lowest BCUT2D eigenvalue weighted by molar-refractivity contribution is 0.102. The summed E-state index contributed by atoms with van der Waals surface area (Å²) in [7, 11) is 0. The standard InChI is InChI=1S/C25H26BrN5O/c1-5-30(6-2)20-11-12-24(17(4)13-20)31-28-22-14-16(3)21(15-23(22)29-31)27-25(32)18-7-9-19(26)10-8-18/h7-15H,5-6H2,1-4H3,(H,27,32). The Morgan fingerprint density at radius 1 is 0.938 bits per heavy atom. The van der Waals surface area contributed by atoms with Crippen molar-refractivity contribution in [2.75, 3.05) is 23.3 Å². The van der Waals surface area contributed by atoms with Gasteiger partial charge in [-0.2, -0.15) is 4.80 Å². The fourth-order valence-electron chi connectivity index (χ4n) is 3.76. The first-order valence-corrected chi connectivity index (χ1v) is 11.5. The van der Waals surface area contributed by atoms with Gasteiger partial charge in [-0.25, -0.2) is 0 Å². The van der Waals surface area contributed by atoms with Crippen molar-refractivity contribution in [3.05, 3.63) is 75.8 Å². The van der Waals surface area contributed by atoms with Crippen molar-refractivity contribution >= 4 is 44.2 Å². The van der Waals surface area contributed by atoms with Crippen LogP contribution in [0.5, 0.6) is 0 Å². The number of amides is 1. The van der Waals surface area contributed by atoms with Gasteiger partial charge in [-0.3, -0.25) is 4.79 Å². The summed E-state index contributed by atoms with van der Waals surface area (Å²) in [5, 5.41) is 12.4. The zero-order valence-electron chi connectivity index (χ0n) is 18.7. The maximum atomic E-state index is 12.6. The molecule has 0 aliphatic rings. The summed E-state index contributed by atoms with van der Waals surface area (Å²) in [6.07, 6.45) is 0. The predicted molar refractivity (Wildman–Crippen MR) is 134 cm³/mol. The Bertz CT molecular complexity index is 1280. The molecule has 1 N–H and O–H groups in total. The third kappa shape index (κ3) is 4.39. The number of nitrogens with one attached hydrogen (secondary N) is 1. The molecule has 1 heterocycles. The first kappa shape index (κ1) is 22.0. The molecule has 0 saturated carbocycles. The molecule has 0 bridgehead atoms. The predicted octanol–water partition coefficient (Wildman–Crippen LogP) is 5.90. The Balaban J connectivity index is 1.64. The van der Waals surface area contributed by atoms with Crippen molar-refractivity contribution in [3.63, 3.8) is 0 Å². The number of anilines is 2. The number of benzene rings is 3. The van der Waals surface area contributed by atoms with Crippen molar-refractivity contribution in [2.45, 2.75) is 27.7 Å². The normalized spacial score (nSPS) is 11.0. The third-order valence-corrected chi connectivity index (χ3v) is 6.13. The van der Waals surface area contributed by atoms with Gasteiger partial charge < -0.3 is 10.2 Å². The number of rotatable bonds is 6. The molecule has 0 aliphatic heterocycles. The molecule has 0 fully saturated rings. The Hall–Kier alpha value is -3.19. The van der Waals surface area contributed by atoms with E-state index in [9.17, 15) is 4.79 Å². The molecule has 1 aromatic heterocycles. The minimum absolute atomic E-state index is 0.157. The van der Waals surface area contributed by atoms with E-state index in [-0.39, 0.29) is 5.91 Å². The van der Waals surface area contributed by atoms with Crippen LogP contribution < -0.4 is 10.2 Å². The van der Waals surface area contributed by atoms with Gasteiger partial charge in [0.25, 0.3) is 5.91 Å². The molecule has 3 aromatic carbocycles. The zero-order valence-corrected chi connectivity index (χ0v) is 20.3.